The van der Waals surface area contributed by atoms with E-state index in [-0.39, 0.29) is 30.3 Å². The maximum atomic E-state index is 13.2. The van der Waals surface area contributed by atoms with Gasteiger partial charge in [-0.3, -0.25) is 4.79 Å². The molecule has 0 fully saturated rings. The van der Waals surface area contributed by atoms with Gasteiger partial charge in [-0.15, -0.1) is 0 Å². The van der Waals surface area contributed by atoms with Crippen LogP contribution in [0.1, 0.15) is 29.8 Å². The van der Waals surface area contributed by atoms with Crippen LogP contribution in [0.3, 0.4) is 0 Å². The summed E-state index contributed by atoms with van der Waals surface area (Å²) in [6.07, 6.45) is 0. The Morgan fingerprint density at radius 1 is 1.44 bits per heavy atom. The molecule has 4 heteroatoms. The van der Waals surface area contributed by atoms with E-state index in [0.717, 1.165) is 0 Å². The van der Waals surface area contributed by atoms with Crippen molar-refractivity contribution >= 4 is 5.91 Å². The number of carbonyl (C=O) groups excluding carboxylic acids is 1. The molecule has 3 nitrogen and oxygen atoms in total. The number of rotatable bonds is 4. The summed E-state index contributed by atoms with van der Waals surface area (Å²) in [4.78, 5) is 13.7. The minimum absolute atomic E-state index is 0.0833. The number of aryl methyl sites for hydroxylation is 1. The van der Waals surface area contributed by atoms with E-state index in [2.05, 4.69) is 0 Å². The summed E-state index contributed by atoms with van der Waals surface area (Å²) in [5.74, 6) is -0.367. The number of halogens is 1. The third-order valence-corrected chi connectivity index (χ3v) is 3.18. The van der Waals surface area contributed by atoms with Crippen LogP contribution in [0.25, 0.3) is 0 Å². The normalized spacial score (nSPS) is 12.6. The van der Waals surface area contributed by atoms with Crippen LogP contribution in [0, 0.1) is 18.7 Å². The van der Waals surface area contributed by atoms with Crippen LogP contribution < -0.4 is 0 Å². The summed E-state index contributed by atoms with van der Waals surface area (Å²) >= 11 is 0. The van der Waals surface area contributed by atoms with E-state index in [0.29, 0.717) is 11.1 Å². The summed E-state index contributed by atoms with van der Waals surface area (Å²) in [6, 6.07) is 4.06. The first-order valence-corrected chi connectivity index (χ1v) is 6.02. The molecule has 18 heavy (non-hydrogen) atoms. The molecule has 0 aliphatic heterocycles. The Labute approximate surface area is 107 Å². The lowest BCUT2D eigenvalue weighted by molar-refractivity contribution is 0.0588. The highest BCUT2D eigenvalue weighted by Crippen LogP contribution is 2.15. The molecule has 1 N–H and O–H groups in total. The Kier molecular flexibility index (Phi) is 4.84. The molecule has 1 aromatic carbocycles. The second-order valence-corrected chi connectivity index (χ2v) is 4.87. The molecule has 0 saturated heterocycles. The standard InChI is InChI=1S/C14H20FNO2/c1-9(2)13(8-17)16(4)14(18)11-5-6-12(15)10(3)7-11/h5-7,9,13,17H,8H2,1-4H3. The highest BCUT2D eigenvalue weighted by atomic mass is 19.1. The average molecular weight is 253 g/mol. The molecule has 0 aliphatic carbocycles. The highest BCUT2D eigenvalue weighted by Gasteiger charge is 2.23. The van der Waals surface area contributed by atoms with Gasteiger partial charge in [0, 0.05) is 12.6 Å². The third-order valence-electron chi connectivity index (χ3n) is 3.18. The van der Waals surface area contributed by atoms with Gasteiger partial charge in [0.15, 0.2) is 0 Å². The van der Waals surface area contributed by atoms with Gasteiger partial charge in [0.2, 0.25) is 0 Å². The molecule has 1 rings (SSSR count). The zero-order valence-corrected chi connectivity index (χ0v) is 11.3. The van der Waals surface area contributed by atoms with Gasteiger partial charge in [-0.25, -0.2) is 4.39 Å². The molecule has 0 spiro atoms. The van der Waals surface area contributed by atoms with Crippen LogP contribution >= 0.6 is 0 Å². The van der Waals surface area contributed by atoms with Gasteiger partial charge < -0.3 is 10.0 Å². The van der Waals surface area contributed by atoms with Crippen LogP contribution in [-0.4, -0.2) is 35.6 Å². The molecule has 100 valence electrons. The Morgan fingerprint density at radius 2 is 2.06 bits per heavy atom. The highest BCUT2D eigenvalue weighted by molar-refractivity contribution is 5.94. The first-order valence-electron chi connectivity index (χ1n) is 6.02. The van der Waals surface area contributed by atoms with Crippen molar-refractivity contribution in [3.05, 3.63) is 35.1 Å². The number of carbonyl (C=O) groups is 1. The van der Waals surface area contributed by atoms with Crippen molar-refractivity contribution in [2.75, 3.05) is 13.7 Å². The summed E-state index contributed by atoms with van der Waals surface area (Å²) in [5, 5.41) is 9.31. The Hall–Kier alpha value is -1.42. The van der Waals surface area contributed by atoms with Gasteiger partial charge >= 0.3 is 0 Å². The molecule has 1 amide bonds. The first-order chi connectivity index (χ1) is 8.38. The summed E-state index contributed by atoms with van der Waals surface area (Å²) in [6.45, 7) is 5.43. The molecule has 0 radical (unpaired) electrons. The predicted octanol–water partition coefficient (Wildman–Crippen LogP) is 2.22. The van der Waals surface area contributed by atoms with Gasteiger partial charge in [0.05, 0.1) is 12.6 Å². The lowest BCUT2D eigenvalue weighted by Crippen LogP contribution is -2.42. The van der Waals surface area contributed by atoms with E-state index in [1.165, 1.54) is 23.1 Å². The quantitative estimate of drug-likeness (QED) is 0.894. The van der Waals surface area contributed by atoms with E-state index in [9.17, 15) is 14.3 Å². The molecular formula is C14H20FNO2. The van der Waals surface area contributed by atoms with Crippen molar-refractivity contribution in [3.63, 3.8) is 0 Å². The van der Waals surface area contributed by atoms with Crippen LogP contribution in [0.4, 0.5) is 4.39 Å². The molecule has 1 unspecified atom stereocenters. The lowest BCUT2D eigenvalue weighted by atomic mass is 10.0. The monoisotopic (exact) mass is 253 g/mol. The van der Waals surface area contributed by atoms with Crippen molar-refractivity contribution < 1.29 is 14.3 Å². The first kappa shape index (κ1) is 14.6. The molecule has 0 bridgehead atoms. The fraction of sp³-hybridized carbons (Fsp3) is 0.500. The maximum absolute atomic E-state index is 13.2. The van der Waals surface area contributed by atoms with Gasteiger partial charge in [-0.05, 0) is 36.6 Å². The molecule has 0 heterocycles. The van der Waals surface area contributed by atoms with Crippen molar-refractivity contribution in [2.24, 2.45) is 5.92 Å². The van der Waals surface area contributed by atoms with Crippen molar-refractivity contribution in [1.29, 1.82) is 0 Å². The summed E-state index contributed by atoms with van der Waals surface area (Å²) in [5.41, 5.74) is 0.884. The fourth-order valence-electron chi connectivity index (χ4n) is 1.91. The van der Waals surface area contributed by atoms with E-state index in [1.54, 1.807) is 14.0 Å². The second-order valence-electron chi connectivity index (χ2n) is 4.87. The molecule has 0 saturated carbocycles. The Bertz CT molecular complexity index is 432. The number of hydrogen-bond donors (Lipinski definition) is 1. The number of aliphatic hydroxyl groups excluding tert-OH is 1. The smallest absolute Gasteiger partial charge is 0.253 e. The zero-order chi connectivity index (χ0) is 13.9. The summed E-state index contributed by atoms with van der Waals surface area (Å²) < 4.78 is 13.2. The number of likely N-dealkylation sites (N-methyl/N-ethyl adjacent to an activating group) is 1. The second kappa shape index (κ2) is 5.96. The molecule has 0 aliphatic rings. The Balaban J connectivity index is 2.95. The molecular weight excluding hydrogens is 233 g/mol. The molecule has 1 atom stereocenters. The van der Waals surface area contributed by atoms with Crippen molar-refractivity contribution in [1.82, 2.24) is 4.90 Å². The van der Waals surface area contributed by atoms with Gasteiger partial charge in [0.25, 0.3) is 5.91 Å². The molecule has 0 aromatic heterocycles. The average Bonchev–Trinajstić information content (AvgIpc) is 2.32. The number of amides is 1. The van der Waals surface area contributed by atoms with Gasteiger partial charge in [-0.1, -0.05) is 13.8 Å². The van der Waals surface area contributed by atoms with Crippen molar-refractivity contribution in [3.8, 4) is 0 Å². The van der Waals surface area contributed by atoms with Crippen LogP contribution in [-0.2, 0) is 0 Å². The summed E-state index contributed by atoms with van der Waals surface area (Å²) in [7, 11) is 1.65. The number of nitrogens with zero attached hydrogens (tertiary/aromatic N) is 1. The maximum Gasteiger partial charge on any atom is 0.253 e. The predicted molar refractivity (Wildman–Crippen MR) is 68.9 cm³/mol. The zero-order valence-electron chi connectivity index (χ0n) is 11.3. The van der Waals surface area contributed by atoms with Gasteiger partial charge in [0.1, 0.15) is 5.82 Å². The third kappa shape index (κ3) is 3.07. The van der Waals surface area contributed by atoms with E-state index >= 15 is 0 Å². The SMILES string of the molecule is Cc1cc(C(=O)N(C)C(CO)C(C)C)ccc1F. The van der Waals surface area contributed by atoms with Gasteiger partial charge in [-0.2, -0.15) is 0 Å². The van der Waals surface area contributed by atoms with Crippen LogP contribution in [0.15, 0.2) is 18.2 Å². The lowest BCUT2D eigenvalue weighted by Gasteiger charge is -2.29. The van der Waals surface area contributed by atoms with Crippen LogP contribution in [0.2, 0.25) is 0 Å². The fourth-order valence-corrected chi connectivity index (χ4v) is 1.91. The molecule has 1 aromatic rings. The Morgan fingerprint density at radius 3 is 2.50 bits per heavy atom. The van der Waals surface area contributed by atoms with E-state index < -0.39 is 0 Å². The van der Waals surface area contributed by atoms with E-state index in [4.69, 9.17) is 0 Å². The number of benzene rings is 1. The minimum atomic E-state index is -0.322. The minimum Gasteiger partial charge on any atom is -0.394 e. The van der Waals surface area contributed by atoms with Crippen LogP contribution in [0.5, 0.6) is 0 Å². The van der Waals surface area contributed by atoms with Crippen molar-refractivity contribution in [2.45, 2.75) is 26.8 Å². The topological polar surface area (TPSA) is 40.5 Å². The number of aliphatic hydroxyl groups is 1. The van der Waals surface area contributed by atoms with E-state index in [1.807, 2.05) is 13.8 Å². The largest absolute Gasteiger partial charge is 0.394 e. The number of hydrogen-bond acceptors (Lipinski definition) is 2.